The number of ether oxygens (including phenoxy) is 1. The van der Waals surface area contributed by atoms with E-state index in [1.165, 1.54) is 14.0 Å². The lowest BCUT2D eigenvalue weighted by Gasteiger charge is -2.13. The van der Waals surface area contributed by atoms with Crippen molar-refractivity contribution in [2.75, 3.05) is 17.7 Å². The predicted octanol–water partition coefficient (Wildman–Crippen LogP) is 4.50. The normalized spacial score (nSPS) is 10.1. The summed E-state index contributed by atoms with van der Waals surface area (Å²) in [5.74, 6) is 0.449. The summed E-state index contributed by atoms with van der Waals surface area (Å²) < 4.78 is 5.21. The second-order valence-corrected chi connectivity index (χ2v) is 5.42. The van der Waals surface area contributed by atoms with Crippen molar-refractivity contribution >= 4 is 34.8 Å². The zero-order valence-electron chi connectivity index (χ0n) is 13.1. The summed E-state index contributed by atoms with van der Waals surface area (Å²) in [7, 11) is 1.50. The molecular weight excluding hydrogens is 316 g/mol. The summed E-state index contributed by atoms with van der Waals surface area (Å²) in [6.07, 6.45) is 0. The number of carbonyl (C=O) groups excluding carboxylic acids is 2. The number of ketones is 1. The first-order chi connectivity index (χ1) is 10.9. The maximum absolute atomic E-state index is 12.1. The van der Waals surface area contributed by atoms with Crippen LogP contribution in [-0.2, 0) is 0 Å². The minimum Gasteiger partial charge on any atom is -0.495 e. The second-order valence-electron chi connectivity index (χ2n) is 5.01. The smallest absolute Gasteiger partial charge is 0.323 e. The lowest BCUT2D eigenvalue weighted by atomic mass is 10.1. The average Bonchev–Trinajstić information content (AvgIpc) is 2.51. The van der Waals surface area contributed by atoms with Gasteiger partial charge in [0.15, 0.2) is 5.78 Å². The van der Waals surface area contributed by atoms with E-state index in [2.05, 4.69) is 10.6 Å². The van der Waals surface area contributed by atoms with Crippen LogP contribution in [0, 0.1) is 6.92 Å². The van der Waals surface area contributed by atoms with E-state index in [1.54, 1.807) is 36.4 Å². The van der Waals surface area contributed by atoms with Crippen molar-refractivity contribution in [2.24, 2.45) is 0 Å². The number of hydrogen-bond acceptors (Lipinski definition) is 3. The number of aryl methyl sites for hydroxylation is 1. The largest absolute Gasteiger partial charge is 0.495 e. The number of hydrogen-bond donors (Lipinski definition) is 2. The van der Waals surface area contributed by atoms with E-state index in [0.29, 0.717) is 27.7 Å². The van der Waals surface area contributed by atoms with Crippen molar-refractivity contribution in [3.63, 3.8) is 0 Å². The molecule has 120 valence electrons. The Kier molecular flexibility index (Phi) is 5.24. The molecule has 2 aromatic rings. The molecule has 0 heterocycles. The standard InChI is InChI=1S/C17H17ClN2O3/c1-10-8-15(16(23-3)9-14(10)18)20-17(22)19-13-6-4-12(5-7-13)11(2)21/h4-9H,1-3H3,(H2,19,20,22). The third-order valence-corrected chi connectivity index (χ3v) is 3.69. The van der Waals surface area contributed by atoms with Crippen molar-refractivity contribution < 1.29 is 14.3 Å². The molecule has 0 spiro atoms. The fourth-order valence-corrected chi connectivity index (χ4v) is 2.16. The Balaban J connectivity index is 2.10. The molecule has 0 radical (unpaired) electrons. The molecule has 0 bridgehead atoms. The third kappa shape index (κ3) is 4.23. The molecule has 6 heteroatoms. The highest BCUT2D eigenvalue weighted by Gasteiger charge is 2.10. The topological polar surface area (TPSA) is 67.4 Å². The second kappa shape index (κ2) is 7.15. The number of nitrogens with one attached hydrogen (secondary N) is 2. The van der Waals surface area contributed by atoms with Gasteiger partial charge in [-0.05, 0) is 49.7 Å². The van der Waals surface area contributed by atoms with E-state index in [1.807, 2.05) is 6.92 Å². The molecule has 0 aliphatic carbocycles. The molecule has 0 unspecified atom stereocenters. The summed E-state index contributed by atoms with van der Waals surface area (Å²) in [4.78, 5) is 23.3. The summed E-state index contributed by atoms with van der Waals surface area (Å²) in [5, 5.41) is 5.97. The molecule has 2 rings (SSSR count). The highest BCUT2D eigenvalue weighted by molar-refractivity contribution is 6.31. The minimum atomic E-state index is -0.416. The predicted molar refractivity (Wildman–Crippen MR) is 91.8 cm³/mol. The number of Topliss-reactive ketones (excluding diaryl/α,β-unsaturated/α-hetero) is 1. The number of carbonyl (C=O) groups is 2. The van der Waals surface area contributed by atoms with E-state index < -0.39 is 6.03 Å². The number of halogens is 1. The lowest BCUT2D eigenvalue weighted by Crippen LogP contribution is -2.20. The van der Waals surface area contributed by atoms with E-state index >= 15 is 0 Å². The molecule has 2 aromatic carbocycles. The zero-order chi connectivity index (χ0) is 17.0. The zero-order valence-corrected chi connectivity index (χ0v) is 13.8. The van der Waals surface area contributed by atoms with Gasteiger partial charge in [-0.2, -0.15) is 0 Å². The number of urea groups is 1. The number of anilines is 2. The van der Waals surface area contributed by atoms with Crippen molar-refractivity contribution in [1.29, 1.82) is 0 Å². The van der Waals surface area contributed by atoms with Crippen LogP contribution >= 0.6 is 11.6 Å². The van der Waals surface area contributed by atoms with Crippen LogP contribution in [0.5, 0.6) is 5.75 Å². The molecule has 0 aromatic heterocycles. The fraction of sp³-hybridized carbons (Fsp3) is 0.176. The number of benzene rings is 2. The van der Waals surface area contributed by atoms with Gasteiger partial charge in [-0.25, -0.2) is 4.79 Å². The van der Waals surface area contributed by atoms with Gasteiger partial charge in [-0.15, -0.1) is 0 Å². The van der Waals surface area contributed by atoms with Crippen molar-refractivity contribution in [3.05, 3.63) is 52.5 Å². The number of methoxy groups -OCH3 is 1. The fourth-order valence-electron chi connectivity index (χ4n) is 2.00. The van der Waals surface area contributed by atoms with E-state index in [-0.39, 0.29) is 5.78 Å². The molecule has 0 aliphatic heterocycles. The molecule has 0 atom stereocenters. The molecule has 5 nitrogen and oxygen atoms in total. The van der Waals surface area contributed by atoms with Crippen LogP contribution in [0.15, 0.2) is 36.4 Å². The quantitative estimate of drug-likeness (QED) is 0.810. The molecule has 2 amide bonds. The van der Waals surface area contributed by atoms with Gasteiger partial charge in [0.2, 0.25) is 0 Å². The van der Waals surface area contributed by atoms with Crippen molar-refractivity contribution in [2.45, 2.75) is 13.8 Å². The Hall–Kier alpha value is -2.53. The van der Waals surface area contributed by atoms with Crippen LogP contribution in [0.1, 0.15) is 22.8 Å². The summed E-state index contributed by atoms with van der Waals surface area (Å²) in [5.41, 5.74) is 2.52. The van der Waals surface area contributed by atoms with Gasteiger partial charge < -0.3 is 15.4 Å². The molecule has 0 saturated carbocycles. The van der Waals surface area contributed by atoms with Crippen LogP contribution in [0.2, 0.25) is 5.02 Å². The highest BCUT2D eigenvalue weighted by Crippen LogP contribution is 2.31. The van der Waals surface area contributed by atoms with Crippen molar-refractivity contribution in [3.8, 4) is 5.75 Å². The third-order valence-electron chi connectivity index (χ3n) is 3.28. The molecular formula is C17H17ClN2O3. The number of rotatable bonds is 4. The lowest BCUT2D eigenvalue weighted by molar-refractivity contribution is 0.101. The Labute approximate surface area is 139 Å². The van der Waals surface area contributed by atoms with Crippen LogP contribution in [0.4, 0.5) is 16.2 Å². The SMILES string of the molecule is COc1cc(Cl)c(C)cc1NC(=O)Nc1ccc(C(C)=O)cc1. The Bertz CT molecular complexity index is 742. The first-order valence-corrected chi connectivity index (χ1v) is 7.31. The van der Waals surface area contributed by atoms with Crippen molar-refractivity contribution in [1.82, 2.24) is 0 Å². The average molecular weight is 333 g/mol. The van der Waals surface area contributed by atoms with Gasteiger partial charge in [0.1, 0.15) is 5.75 Å². The van der Waals surface area contributed by atoms with Crippen LogP contribution in [0.3, 0.4) is 0 Å². The van der Waals surface area contributed by atoms with Crippen LogP contribution in [-0.4, -0.2) is 18.9 Å². The Morgan fingerprint density at radius 3 is 2.30 bits per heavy atom. The van der Waals surface area contributed by atoms with Gasteiger partial charge in [0.25, 0.3) is 0 Å². The molecule has 0 saturated heterocycles. The van der Waals surface area contributed by atoms with Gasteiger partial charge in [0, 0.05) is 22.3 Å². The van der Waals surface area contributed by atoms with Gasteiger partial charge in [0.05, 0.1) is 12.8 Å². The van der Waals surface area contributed by atoms with Crippen LogP contribution in [0.25, 0.3) is 0 Å². The van der Waals surface area contributed by atoms with E-state index in [9.17, 15) is 9.59 Å². The molecule has 0 aliphatic rings. The molecule has 0 fully saturated rings. The van der Waals surface area contributed by atoms with Gasteiger partial charge in [-0.1, -0.05) is 11.6 Å². The van der Waals surface area contributed by atoms with Gasteiger partial charge >= 0.3 is 6.03 Å². The minimum absolute atomic E-state index is 0.0256. The first-order valence-electron chi connectivity index (χ1n) is 6.94. The molecule has 2 N–H and O–H groups in total. The summed E-state index contributed by atoms with van der Waals surface area (Å²) in [6, 6.07) is 9.62. The maximum Gasteiger partial charge on any atom is 0.323 e. The summed E-state index contributed by atoms with van der Waals surface area (Å²) >= 11 is 6.04. The van der Waals surface area contributed by atoms with Gasteiger partial charge in [-0.3, -0.25) is 4.79 Å². The maximum atomic E-state index is 12.1. The Morgan fingerprint density at radius 1 is 1.09 bits per heavy atom. The van der Waals surface area contributed by atoms with E-state index in [0.717, 1.165) is 5.56 Å². The molecule has 23 heavy (non-hydrogen) atoms. The Morgan fingerprint density at radius 2 is 1.74 bits per heavy atom. The highest BCUT2D eigenvalue weighted by atomic mass is 35.5. The van der Waals surface area contributed by atoms with E-state index in [4.69, 9.17) is 16.3 Å². The van der Waals surface area contributed by atoms with Crippen LogP contribution < -0.4 is 15.4 Å². The monoisotopic (exact) mass is 332 g/mol. The first kappa shape index (κ1) is 16.8. The summed E-state index contributed by atoms with van der Waals surface area (Å²) in [6.45, 7) is 3.33. The number of amides is 2.